The van der Waals surface area contributed by atoms with Crippen LogP contribution in [0, 0.1) is 24.1 Å². The number of benzene rings is 1. The van der Waals surface area contributed by atoms with Crippen molar-refractivity contribution in [1.82, 2.24) is 24.6 Å². The predicted molar refractivity (Wildman–Crippen MR) is 142 cm³/mol. The highest BCUT2D eigenvalue weighted by molar-refractivity contribution is 6.19. The van der Waals surface area contributed by atoms with E-state index in [4.69, 9.17) is 26.7 Å². The highest BCUT2D eigenvalue weighted by atomic mass is 35.5. The molecule has 3 aromatic rings. The van der Waals surface area contributed by atoms with E-state index in [9.17, 15) is 9.18 Å². The standard InChI is InChI=1S/C27H36ClFN6O/c1-18(2)7-12-22-30-24(33-13-6-14-34(16-15-33)26(36)27(4,5)17-28)23-19(3)32-35(25(23)31-22)21-10-8-20(29)9-11-21/h8-11,18H,6-7,12-17H2,1-5H3. The second-order valence-corrected chi connectivity index (χ2v) is 11.0. The summed E-state index contributed by atoms with van der Waals surface area (Å²) in [5.74, 6) is 2.25. The molecular formula is C27H36ClFN6O. The topological polar surface area (TPSA) is 67.2 Å². The summed E-state index contributed by atoms with van der Waals surface area (Å²) in [5.41, 5.74) is 1.71. The van der Waals surface area contributed by atoms with E-state index >= 15 is 0 Å². The monoisotopic (exact) mass is 514 g/mol. The van der Waals surface area contributed by atoms with Crippen LogP contribution in [0.4, 0.5) is 10.2 Å². The van der Waals surface area contributed by atoms with E-state index < -0.39 is 5.41 Å². The van der Waals surface area contributed by atoms with Crippen LogP contribution in [-0.4, -0.2) is 62.6 Å². The first-order valence-corrected chi connectivity index (χ1v) is 13.3. The van der Waals surface area contributed by atoms with Crippen LogP contribution in [0.25, 0.3) is 16.7 Å². The number of amides is 1. The van der Waals surface area contributed by atoms with Crippen LogP contribution in [0.2, 0.25) is 0 Å². The molecule has 36 heavy (non-hydrogen) atoms. The fourth-order valence-corrected chi connectivity index (χ4v) is 4.66. The Balaban J connectivity index is 1.74. The third kappa shape index (κ3) is 5.48. The van der Waals surface area contributed by atoms with Gasteiger partial charge in [-0.15, -0.1) is 11.6 Å². The smallest absolute Gasteiger partial charge is 0.229 e. The van der Waals surface area contributed by atoms with Crippen LogP contribution in [0.1, 0.15) is 52.1 Å². The minimum atomic E-state index is -0.587. The average molecular weight is 515 g/mol. The van der Waals surface area contributed by atoms with Crippen molar-refractivity contribution < 1.29 is 9.18 Å². The molecule has 0 radical (unpaired) electrons. The number of carbonyl (C=O) groups is 1. The number of halogens is 2. The van der Waals surface area contributed by atoms with Crippen LogP contribution in [0.3, 0.4) is 0 Å². The molecule has 0 N–H and O–H groups in total. The van der Waals surface area contributed by atoms with E-state index in [-0.39, 0.29) is 11.7 Å². The third-order valence-corrected chi connectivity index (χ3v) is 7.41. The normalized spacial score (nSPS) is 15.1. The van der Waals surface area contributed by atoms with Crippen molar-refractivity contribution in [1.29, 1.82) is 0 Å². The Morgan fingerprint density at radius 3 is 2.50 bits per heavy atom. The Morgan fingerprint density at radius 2 is 1.83 bits per heavy atom. The Kier molecular flexibility index (Phi) is 7.83. The second-order valence-electron chi connectivity index (χ2n) is 10.7. The number of hydrogen-bond donors (Lipinski definition) is 0. The number of nitrogens with zero attached hydrogens (tertiary/aromatic N) is 6. The molecule has 1 aliphatic heterocycles. The SMILES string of the molecule is Cc1nn(-c2ccc(F)cc2)c2nc(CCC(C)C)nc(N3CCCN(C(=O)C(C)(C)CCl)CC3)c12. The largest absolute Gasteiger partial charge is 0.354 e. The fourth-order valence-electron chi connectivity index (χ4n) is 4.54. The minimum Gasteiger partial charge on any atom is -0.354 e. The first-order chi connectivity index (χ1) is 17.1. The predicted octanol–water partition coefficient (Wildman–Crippen LogP) is 5.16. The molecule has 1 aliphatic rings. The summed E-state index contributed by atoms with van der Waals surface area (Å²) < 4.78 is 15.4. The zero-order valence-electron chi connectivity index (χ0n) is 21.9. The van der Waals surface area contributed by atoms with Gasteiger partial charge >= 0.3 is 0 Å². The molecule has 7 nitrogen and oxygen atoms in total. The molecule has 9 heteroatoms. The Morgan fingerprint density at radius 1 is 1.11 bits per heavy atom. The molecule has 1 fully saturated rings. The molecule has 0 bridgehead atoms. The van der Waals surface area contributed by atoms with Crippen LogP contribution in [0.15, 0.2) is 24.3 Å². The summed E-state index contributed by atoms with van der Waals surface area (Å²) in [6, 6.07) is 6.29. The van der Waals surface area contributed by atoms with Gasteiger partial charge in [0.25, 0.3) is 0 Å². The number of aromatic nitrogens is 4. The fraction of sp³-hybridized carbons (Fsp3) is 0.556. The molecule has 0 aliphatic carbocycles. The van der Waals surface area contributed by atoms with Gasteiger partial charge in [-0.2, -0.15) is 5.10 Å². The molecule has 0 spiro atoms. The quantitative estimate of drug-likeness (QED) is 0.408. The van der Waals surface area contributed by atoms with Gasteiger partial charge in [-0.25, -0.2) is 19.0 Å². The van der Waals surface area contributed by atoms with Gasteiger partial charge in [0.15, 0.2) is 5.65 Å². The van der Waals surface area contributed by atoms with Gasteiger partial charge in [0.1, 0.15) is 17.5 Å². The van der Waals surface area contributed by atoms with Crippen LogP contribution >= 0.6 is 11.6 Å². The zero-order chi connectivity index (χ0) is 26.0. The van der Waals surface area contributed by atoms with E-state index in [0.29, 0.717) is 31.4 Å². The number of alkyl halides is 1. The molecule has 1 saturated heterocycles. The van der Waals surface area contributed by atoms with E-state index in [1.54, 1.807) is 16.8 Å². The van der Waals surface area contributed by atoms with Crippen LogP contribution in [0.5, 0.6) is 0 Å². The van der Waals surface area contributed by atoms with Crippen LogP contribution in [-0.2, 0) is 11.2 Å². The van der Waals surface area contributed by atoms with E-state index in [0.717, 1.165) is 59.9 Å². The maximum atomic E-state index is 13.6. The number of hydrogen-bond acceptors (Lipinski definition) is 5. The lowest BCUT2D eigenvalue weighted by Crippen LogP contribution is -2.43. The summed E-state index contributed by atoms with van der Waals surface area (Å²) in [6.45, 7) is 12.9. The molecular weight excluding hydrogens is 479 g/mol. The van der Waals surface area contributed by atoms with E-state index in [2.05, 4.69) is 18.7 Å². The van der Waals surface area contributed by atoms with Crippen molar-refractivity contribution in [3.8, 4) is 5.69 Å². The van der Waals surface area contributed by atoms with Crippen molar-refractivity contribution in [2.24, 2.45) is 11.3 Å². The minimum absolute atomic E-state index is 0.0881. The van der Waals surface area contributed by atoms with Gasteiger partial charge in [-0.05, 0) is 63.8 Å². The molecule has 4 rings (SSSR count). The van der Waals surface area contributed by atoms with Gasteiger partial charge in [-0.3, -0.25) is 4.79 Å². The highest BCUT2D eigenvalue weighted by Crippen LogP contribution is 2.31. The molecule has 3 heterocycles. The Hall–Kier alpha value is -2.74. The molecule has 0 atom stereocenters. The van der Waals surface area contributed by atoms with Crippen molar-refractivity contribution >= 4 is 34.4 Å². The van der Waals surface area contributed by atoms with E-state index in [1.165, 1.54) is 12.1 Å². The van der Waals surface area contributed by atoms with Crippen molar-refractivity contribution in [2.45, 2.75) is 53.9 Å². The number of rotatable bonds is 7. The molecule has 2 aromatic heterocycles. The number of aryl methyl sites for hydroxylation is 2. The molecule has 1 amide bonds. The molecule has 1 aromatic carbocycles. The van der Waals surface area contributed by atoms with Gasteiger partial charge in [0.05, 0.1) is 22.2 Å². The average Bonchev–Trinajstić information content (AvgIpc) is 3.02. The maximum absolute atomic E-state index is 13.6. The summed E-state index contributed by atoms with van der Waals surface area (Å²) in [6.07, 6.45) is 2.57. The van der Waals surface area contributed by atoms with Crippen molar-refractivity contribution in [3.05, 3.63) is 41.6 Å². The van der Waals surface area contributed by atoms with E-state index in [1.807, 2.05) is 25.7 Å². The van der Waals surface area contributed by atoms with Crippen molar-refractivity contribution in [3.63, 3.8) is 0 Å². The maximum Gasteiger partial charge on any atom is 0.229 e. The third-order valence-electron chi connectivity index (χ3n) is 6.74. The number of fused-ring (bicyclic) bond motifs is 1. The molecule has 194 valence electrons. The lowest BCUT2D eigenvalue weighted by Gasteiger charge is -2.30. The first-order valence-electron chi connectivity index (χ1n) is 12.7. The first kappa shape index (κ1) is 26.3. The van der Waals surface area contributed by atoms with Gasteiger partial charge in [-0.1, -0.05) is 13.8 Å². The lowest BCUT2D eigenvalue weighted by molar-refractivity contribution is -0.139. The second kappa shape index (κ2) is 10.7. The summed E-state index contributed by atoms with van der Waals surface area (Å²) in [7, 11) is 0. The van der Waals surface area contributed by atoms with Gasteiger partial charge < -0.3 is 9.80 Å². The zero-order valence-corrected chi connectivity index (χ0v) is 22.6. The number of anilines is 1. The summed E-state index contributed by atoms with van der Waals surface area (Å²) >= 11 is 6.08. The summed E-state index contributed by atoms with van der Waals surface area (Å²) in [4.78, 5) is 27.2. The number of carbonyl (C=O) groups excluding carboxylic acids is 1. The highest BCUT2D eigenvalue weighted by Gasteiger charge is 2.33. The Bertz CT molecular complexity index is 1220. The Labute approximate surface area is 217 Å². The molecule has 0 saturated carbocycles. The van der Waals surface area contributed by atoms with Gasteiger partial charge in [0, 0.05) is 38.5 Å². The summed E-state index contributed by atoms with van der Waals surface area (Å²) in [5, 5.41) is 5.67. The van der Waals surface area contributed by atoms with Crippen molar-refractivity contribution in [2.75, 3.05) is 37.0 Å². The van der Waals surface area contributed by atoms with Crippen LogP contribution < -0.4 is 4.90 Å². The lowest BCUT2D eigenvalue weighted by atomic mass is 9.94. The van der Waals surface area contributed by atoms with Gasteiger partial charge in [0.2, 0.25) is 5.91 Å². The molecule has 0 unspecified atom stereocenters.